The molecule has 5 N–H and O–H groups in total. The van der Waals surface area contributed by atoms with Crippen LogP contribution in [0.1, 0.15) is 36.7 Å². The zero-order valence-corrected chi connectivity index (χ0v) is 14.9. The van der Waals surface area contributed by atoms with E-state index in [-0.39, 0.29) is 18.3 Å². The van der Waals surface area contributed by atoms with Gasteiger partial charge in [-0.1, -0.05) is 0 Å². The Bertz CT molecular complexity index is 736. The number of amides is 2. The molecule has 3 heterocycles. The molecule has 2 aromatic rings. The fraction of sp³-hybridized carbons (Fsp3) is 0.400. The van der Waals surface area contributed by atoms with E-state index in [1.165, 1.54) is 11.3 Å². The number of halogens is 1. The molecule has 0 saturated carbocycles. The Kier molecular flexibility index (Phi) is 5.63. The molecule has 0 spiro atoms. The topological polar surface area (TPSA) is 113 Å². The third-order valence-corrected chi connectivity index (χ3v) is 4.85. The maximum atomic E-state index is 12.5. The van der Waals surface area contributed by atoms with Gasteiger partial charge in [0.2, 0.25) is 5.91 Å². The van der Waals surface area contributed by atoms with E-state index in [1.54, 1.807) is 12.3 Å². The molecule has 1 aliphatic heterocycles. The number of aromatic nitrogens is 2. The lowest BCUT2D eigenvalue weighted by Gasteiger charge is -2.33. The summed E-state index contributed by atoms with van der Waals surface area (Å²) in [6, 6.07) is 1.65. The van der Waals surface area contributed by atoms with Crippen LogP contribution in [0, 0.1) is 0 Å². The normalized spacial score (nSPS) is 20.2. The lowest BCUT2D eigenvalue weighted by atomic mass is 9.90. The van der Waals surface area contributed by atoms with Gasteiger partial charge in [0.1, 0.15) is 5.69 Å². The molecule has 1 atom stereocenters. The predicted octanol–water partition coefficient (Wildman–Crippen LogP) is 2.13. The number of nitrogens with one attached hydrogen (secondary N) is 3. The van der Waals surface area contributed by atoms with Gasteiger partial charge in [-0.05, 0) is 38.8 Å². The van der Waals surface area contributed by atoms with Crippen molar-refractivity contribution in [2.45, 2.75) is 31.7 Å². The maximum absolute atomic E-state index is 12.5. The van der Waals surface area contributed by atoms with E-state index in [0.29, 0.717) is 16.5 Å². The van der Waals surface area contributed by atoms with E-state index in [2.05, 4.69) is 20.6 Å². The summed E-state index contributed by atoms with van der Waals surface area (Å²) in [7, 11) is 0. The highest BCUT2D eigenvalue weighted by atomic mass is 35.5. The van der Waals surface area contributed by atoms with Crippen LogP contribution in [0.4, 0.5) is 5.13 Å². The van der Waals surface area contributed by atoms with E-state index in [0.717, 1.165) is 31.4 Å². The molecule has 0 aromatic carbocycles. The van der Waals surface area contributed by atoms with Gasteiger partial charge < -0.3 is 21.4 Å². The molecule has 2 aromatic heterocycles. The van der Waals surface area contributed by atoms with Gasteiger partial charge in [0.25, 0.3) is 5.91 Å². The number of piperidine rings is 1. The summed E-state index contributed by atoms with van der Waals surface area (Å²) in [4.78, 5) is 30.8. The summed E-state index contributed by atoms with van der Waals surface area (Å²) >= 11 is 1.35. The highest BCUT2D eigenvalue weighted by Gasteiger charge is 2.34. The summed E-state index contributed by atoms with van der Waals surface area (Å²) in [5.41, 5.74) is 6.46. The minimum atomic E-state index is -0.544. The quantitative estimate of drug-likeness (QED) is 0.661. The Morgan fingerprint density at radius 3 is 2.83 bits per heavy atom. The Hall–Kier alpha value is -1.90. The van der Waals surface area contributed by atoms with E-state index in [9.17, 15) is 9.59 Å². The first kappa shape index (κ1) is 18.4. The standard InChI is InChI=1S/C15H19N5O2S.ClH/c1-15(4-2-3-5-18-15)13(22)20-14-19-11(8-23-14)9-6-10(12(16)21)17-7-9;/h6-8,17-18H,2-5H2,1H3,(H2,16,21)(H,19,20,22);1H. The van der Waals surface area contributed by atoms with Crippen LogP contribution in [0.2, 0.25) is 0 Å². The average Bonchev–Trinajstić information content (AvgIpc) is 3.16. The second-order valence-electron chi connectivity index (χ2n) is 5.87. The summed E-state index contributed by atoms with van der Waals surface area (Å²) in [6.45, 7) is 2.77. The number of primary amides is 1. The van der Waals surface area contributed by atoms with Crippen LogP contribution >= 0.6 is 23.7 Å². The van der Waals surface area contributed by atoms with Crippen molar-refractivity contribution in [2.75, 3.05) is 11.9 Å². The zero-order valence-electron chi connectivity index (χ0n) is 13.2. The van der Waals surface area contributed by atoms with Crippen molar-refractivity contribution < 1.29 is 9.59 Å². The number of rotatable bonds is 4. The van der Waals surface area contributed by atoms with Crippen molar-refractivity contribution in [1.82, 2.24) is 15.3 Å². The van der Waals surface area contributed by atoms with Gasteiger partial charge in [-0.15, -0.1) is 23.7 Å². The maximum Gasteiger partial charge on any atom is 0.265 e. The number of aromatic amines is 1. The molecule has 0 aliphatic carbocycles. The molecule has 7 nitrogen and oxygen atoms in total. The number of H-pyrrole nitrogens is 1. The summed E-state index contributed by atoms with van der Waals surface area (Å²) in [5.74, 6) is -0.582. The van der Waals surface area contributed by atoms with Crippen molar-refractivity contribution in [2.24, 2.45) is 5.73 Å². The van der Waals surface area contributed by atoms with Crippen LogP contribution in [0.15, 0.2) is 17.6 Å². The third kappa shape index (κ3) is 3.77. The zero-order chi connectivity index (χ0) is 16.4. The summed E-state index contributed by atoms with van der Waals surface area (Å²) in [5, 5.41) is 8.53. The first-order valence-electron chi connectivity index (χ1n) is 7.48. The highest BCUT2D eigenvalue weighted by Crippen LogP contribution is 2.27. The van der Waals surface area contributed by atoms with Gasteiger partial charge in [0.05, 0.1) is 11.2 Å². The average molecular weight is 370 g/mol. The Morgan fingerprint density at radius 1 is 1.42 bits per heavy atom. The number of carbonyl (C=O) groups is 2. The molecule has 3 rings (SSSR count). The number of anilines is 1. The van der Waals surface area contributed by atoms with Crippen molar-refractivity contribution >= 4 is 40.7 Å². The number of nitrogens with two attached hydrogens (primary N) is 1. The minimum absolute atomic E-state index is 0. The first-order valence-corrected chi connectivity index (χ1v) is 8.36. The van der Waals surface area contributed by atoms with Crippen molar-refractivity contribution in [3.05, 3.63) is 23.3 Å². The molecule has 2 amide bonds. The SMILES string of the molecule is CC1(C(=O)Nc2nc(-c3c[nH]c(C(N)=O)c3)cs2)CCCCN1.Cl. The lowest BCUT2D eigenvalue weighted by molar-refractivity contribution is -0.122. The van der Waals surface area contributed by atoms with Crippen molar-refractivity contribution in [3.63, 3.8) is 0 Å². The molecule has 1 fully saturated rings. The van der Waals surface area contributed by atoms with Crippen LogP contribution in [-0.2, 0) is 4.79 Å². The fourth-order valence-corrected chi connectivity index (χ4v) is 3.35. The smallest absolute Gasteiger partial charge is 0.265 e. The van der Waals surface area contributed by atoms with E-state index >= 15 is 0 Å². The number of hydrogen-bond donors (Lipinski definition) is 4. The molecule has 24 heavy (non-hydrogen) atoms. The molecule has 1 saturated heterocycles. The molecule has 1 aliphatic rings. The van der Waals surface area contributed by atoms with Gasteiger partial charge in [0, 0.05) is 17.1 Å². The first-order chi connectivity index (χ1) is 11.0. The van der Waals surface area contributed by atoms with Gasteiger partial charge in [-0.3, -0.25) is 9.59 Å². The van der Waals surface area contributed by atoms with Crippen LogP contribution in [0.25, 0.3) is 11.3 Å². The summed E-state index contributed by atoms with van der Waals surface area (Å²) in [6.07, 6.45) is 4.63. The molecule has 130 valence electrons. The number of thiazole rings is 1. The predicted molar refractivity (Wildman–Crippen MR) is 96.6 cm³/mol. The Morgan fingerprint density at radius 2 is 2.21 bits per heavy atom. The second-order valence-corrected chi connectivity index (χ2v) is 6.73. The monoisotopic (exact) mass is 369 g/mol. The molecule has 9 heteroatoms. The van der Waals surface area contributed by atoms with Crippen LogP contribution in [0.5, 0.6) is 0 Å². The third-order valence-electron chi connectivity index (χ3n) is 4.09. The Balaban J connectivity index is 0.00000208. The number of nitrogens with zero attached hydrogens (tertiary/aromatic N) is 1. The number of carbonyl (C=O) groups excluding carboxylic acids is 2. The van der Waals surface area contributed by atoms with Crippen LogP contribution in [0.3, 0.4) is 0 Å². The van der Waals surface area contributed by atoms with Gasteiger partial charge in [0.15, 0.2) is 5.13 Å². The number of hydrogen-bond acceptors (Lipinski definition) is 5. The highest BCUT2D eigenvalue weighted by molar-refractivity contribution is 7.14. The molecule has 1 unspecified atom stereocenters. The van der Waals surface area contributed by atoms with Gasteiger partial charge in [-0.2, -0.15) is 0 Å². The van der Waals surface area contributed by atoms with E-state index in [1.807, 2.05) is 12.3 Å². The molecule has 0 bridgehead atoms. The van der Waals surface area contributed by atoms with E-state index in [4.69, 9.17) is 5.73 Å². The lowest BCUT2D eigenvalue weighted by Crippen LogP contribution is -2.54. The second kappa shape index (κ2) is 7.33. The minimum Gasteiger partial charge on any atom is -0.364 e. The van der Waals surface area contributed by atoms with Crippen LogP contribution < -0.4 is 16.4 Å². The van der Waals surface area contributed by atoms with Crippen molar-refractivity contribution in [3.8, 4) is 11.3 Å². The van der Waals surface area contributed by atoms with Crippen molar-refractivity contribution in [1.29, 1.82) is 0 Å². The van der Waals surface area contributed by atoms with Gasteiger partial charge in [-0.25, -0.2) is 4.98 Å². The van der Waals surface area contributed by atoms with Gasteiger partial charge >= 0.3 is 0 Å². The summed E-state index contributed by atoms with van der Waals surface area (Å²) < 4.78 is 0. The fourth-order valence-electron chi connectivity index (χ4n) is 2.63. The largest absolute Gasteiger partial charge is 0.364 e. The molecular weight excluding hydrogens is 350 g/mol. The van der Waals surface area contributed by atoms with E-state index < -0.39 is 11.4 Å². The Labute approximate surface area is 149 Å². The van der Waals surface area contributed by atoms with Crippen LogP contribution in [-0.4, -0.2) is 33.9 Å². The molecule has 0 radical (unpaired) electrons. The molecular formula is C15H20ClN5O2S.